The van der Waals surface area contributed by atoms with Crippen molar-refractivity contribution in [3.05, 3.63) is 0 Å². The number of nitrogens with zero attached hydrogens (tertiary/aromatic N) is 1. The van der Waals surface area contributed by atoms with Crippen LogP contribution in [0.5, 0.6) is 0 Å². The molecule has 0 saturated carbocycles. The number of hydrogen-bond acceptors (Lipinski definition) is 2. The van der Waals surface area contributed by atoms with E-state index >= 15 is 0 Å². The zero-order valence-electron chi connectivity index (χ0n) is 11.8. The van der Waals surface area contributed by atoms with Crippen LogP contribution in [0.1, 0.15) is 59.8 Å². The summed E-state index contributed by atoms with van der Waals surface area (Å²) in [6.45, 7) is 12.5. The molecule has 0 heterocycles. The molecule has 0 radical (unpaired) electrons. The first-order valence-electron chi connectivity index (χ1n) is 7.08. The van der Waals surface area contributed by atoms with Gasteiger partial charge in [0.2, 0.25) is 0 Å². The average molecular weight is 228 g/mol. The second kappa shape index (κ2) is 10.1. The van der Waals surface area contributed by atoms with Crippen LogP contribution < -0.4 is 5.73 Å². The molecule has 0 aromatic rings. The number of rotatable bonds is 10. The standard InChI is InChI=1S/C14H32N2/c1-5-7-9-16(10-8-6-2)12-14(15)11-13(3)4/h13-14H,5-12,15H2,1-4H3/t14-/m1/s1. The van der Waals surface area contributed by atoms with Crippen molar-refractivity contribution in [2.24, 2.45) is 11.7 Å². The predicted octanol–water partition coefficient (Wildman–Crippen LogP) is 3.26. The van der Waals surface area contributed by atoms with Gasteiger partial charge in [-0.05, 0) is 38.3 Å². The topological polar surface area (TPSA) is 29.3 Å². The number of hydrogen-bond donors (Lipinski definition) is 1. The summed E-state index contributed by atoms with van der Waals surface area (Å²) in [5.74, 6) is 0.717. The lowest BCUT2D eigenvalue weighted by Gasteiger charge is -2.26. The van der Waals surface area contributed by atoms with E-state index in [2.05, 4.69) is 32.6 Å². The van der Waals surface area contributed by atoms with Gasteiger partial charge in [0.05, 0.1) is 0 Å². The Bertz CT molecular complexity index is 138. The Morgan fingerprint density at radius 1 is 1.00 bits per heavy atom. The molecule has 2 nitrogen and oxygen atoms in total. The normalized spacial score (nSPS) is 13.7. The second-order valence-corrected chi connectivity index (χ2v) is 5.40. The van der Waals surface area contributed by atoms with Crippen LogP contribution in [0.15, 0.2) is 0 Å². The van der Waals surface area contributed by atoms with Crippen molar-refractivity contribution in [1.82, 2.24) is 4.90 Å². The Kier molecular flexibility index (Phi) is 10.0. The summed E-state index contributed by atoms with van der Waals surface area (Å²) in [4.78, 5) is 2.56. The van der Waals surface area contributed by atoms with Gasteiger partial charge in [0.25, 0.3) is 0 Å². The molecular weight excluding hydrogens is 196 g/mol. The maximum Gasteiger partial charge on any atom is 0.0170 e. The van der Waals surface area contributed by atoms with Crippen molar-refractivity contribution >= 4 is 0 Å². The number of nitrogens with two attached hydrogens (primary N) is 1. The van der Waals surface area contributed by atoms with Gasteiger partial charge in [-0.3, -0.25) is 0 Å². The monoisotopic (exact) mass is 228 g/mol. The lowest BCUT2D eigenvalue weighted by molar-refractivity contribution is 0.239. The molecule has 0 bridgehead atoms. The fraction of sp³-hybridized carbons (Fsp3) is 1.00. The van der Waals surface area contributed by atoms with Crippen LogP contribution >= 0.6 is 0 Å². The molecule has 1 atom stereocenters. The molecule has 0 aliphatic carbocycles. The van der Waals surface area contributed by atoms with E-state index in [1.807, 2.05) is 0 Å². The van der Waals surface area contributed by atoms with Crippen LogP contribution in [-0.4, -0.2) is 30.6 Å². The van der Waals surface area contributed by atoms with Gasteiger partial charge in [0.15, 0.2) is 0 Å². The molecule has 0 amide bonds. The van der Waals surface area contributed by atoms with Crippen LogP contribution in [0.2, 0.25) is 0 Å². The summed E-state index contributed by atoms with van der Waals surface area (Å²) in [5, 5.41) is 0. The van der Waals surface area contributed by atoms with Gasteiger partial charge in [0.1, 0.15) is 0 Å². The van der Waals surface area contributed by atoms with Gasteiger partial charge in [-0.25, -0.2) is 0 Å². The van der Waals surface area contributed by atoms with E-state index < -0.39 is 0 Å². The minimum atomic E-state index is 0.355. The summed E-state index contributed by atoms with van der Waals surface area (Å²) < 4.78 is 0. The quantitative estimate of drug-likeness (QED) is 0.622. The minimum Gasteiger partial charge on any atom is -0.327 e. The maximum atomic E-state index is 6.18. The maximum absolute atomic E-state index is 6.18. The van der Waals surface area contributed by atoms with Gasteiger partial charge in [-0.1, -0.05) is 40.5 Å². The molecule has 2 heteroatoms. The summed E-state index contributed by atoms with van der Waals surface area (Å²) in [5.41, 5.74) is 6.18. The lowest BCUT2D eigenvalue weighted by Crippen LogP contribution is -2.39. The van der Waals surface area contributed by atoms with Crippen LogP contribution in [0, 0.1) is 5.92 Å². The van der Waals surface area contributed by atoms with Crippen LogP contribution in [-0.2, 0) is 0 Å². The van der Waals surface area contributed by atoms with E-state index in [1.54, 1.807) is 0 Å². The van der Waals surface area contributed by atoms with Crippen molar-refractivity contribution in [3.63, 3.8) is 0 Å². The molecule has 0 rings (SSSR count). The van der Waals surface area contributed by atoms with Crippen LogP contribution in [0.4, 0.5) is 0 Å². The molecular formula is C14H32N2. The van der Waals surface area contributed by atoms with Gasteiger partial charge >= 0.3 is 0 Å². The lowest BCUT2D eigenvalue weighted by atomic mass is 10.0. The predicted molar refractivity (Wildman–Crippen MR) is 73.7 cm³/mol. The largest absolute Gasteiger partial charge is 0.327 e. The molecule has 0 aromatic carbocycles. The summed E-state index contributed by atoms with van der Waals surface area (Å²) in [7, 11) is 0. The first kappa shape index (κ1) is 15.9. The molecule has 0 aliphatic rings. The average Bonchev–Trinajstić information content (AvgIpc) is 2.20. The fourth-order valence-corrected chi connectivity index (χ4v) is 2.07. The molecule has 0 unspecified atom stereocenters. The zero-order chi connectivity index (χ0) is 12.4. The van der Waals surface area contributed by atoms with E-state index in [9.17, 15) is 0 Å². The molecule has 0 aromatic heterocycles. The summed E-state index contributed by atoms with van der Waals surface area (Å²) >= 11 is 0. The van der Waals surface area contributed by atoms with E-state index in [0.717, 1.165) is 13.0 Å². The molecule has 0 fully saturated rings. The SMILES string of the molecule is CCCCN(CCCC)C[C@H](N)CC(C)C. The fourth-order valence-electron chi connectivity index (χ4n) is 2.07. The van der Waals surface area contributed by atoms with E-state index in [-0.39, 0.29) is 0 Å². The van der Waals surface area contributed by atoms with Crippen LogP contribution in [0.25, 0.3) is 0 Å². The van der Waals surface area contributed by atoms with Crippen molar-refractivity contribution < 1.29 is 0 Å². The molecule has 0 aliphatic heterocycles. The third kappa shape index (κ3) is 9.17. The minimum absolute atomic E-state index is 0.355. The highest BCUT2D eigenvalue weighted by atomic mass is 15.1. The highest BCUT2D eigenvalue weighted by Gasteiger charge is 2.11. The van der Waals surface area contributed by atoms with Gasteiger partial charge < -0.3 is 10.6 Å². The van der Waals surface area contributed by atoms with Gasteiger partial charge in [-0.2, -0.15) is 0 Å². The molecule has 98 valence electrons. The van der Waals surface area contributed by atoms with Crippen molar-refractivity contribution in [3.8, 4) is 0 Å². The second-order valence-electron chi connectivity index (χ2n) is 5.40. The van der Waals surface area contributed by atoms with Crippen molar-refractivity contribution in [2.75, 3.05) is 19.6 Å². The highest BCUT2D eigenvalue weighted by Crippen LogP contribution is 2.06. The number of unbranched alkanes of at least 4 members (excludes halogenated alkanes) is 2. The first-order valence-corrected chi connectivity index (χ1v) is 7.08. The Hall–Kier alpha value is -0.0800. The highest BCUT2D eigenvalue weighted by molar-refractivity contribution is 4.70. The first-order chi connectivity index (χ1) is 7.60. The summed E-state index contributed by atoms with van der Waals surface area (Å²) in [6.07, 6.45) is 6.31. The zero-order valence-corrected chi connectivity index (χ0v) is 11.8. The Morgan fingerprint density at radius 2 is 1.50 bits per heavy atom. The Labute approximate surface area is 103 Å². The summed E-state index contributed by atoms with van der Waals surface area (Å²) in [6, 6.07) is 0.355. The molecule has 2 N–H and O–H groups in total. The molecule has 0 spiro atoms. The van der Waals surface area contributed by atoms with Gasteiger partial charge in [-0.15, -0.1) is 0 Å². The Morgan fingerprint density at radius 3 is 1.88 bits per heavy atom. The Balaban J connectivity index is 3.87. The third-order valence-electron chi connectivity index (χ3n) is 2.92. The van der Waals surface area contributed by atoms with Crippen molar-refractivity contribution in [1.29, 1.82) is 0 Å². The smallest absolute Gasteiger partial charge is 0.0170 e. The molecule has 16 heavy (non-hydrogen) atoms. The van der Waals surface area contributed by atoms with Gasteiger partial charge in [0, 0.05) is 12.6 Å². The molecule has 0 saturated heterocycles. The van der Waals surface area contributed by atoms with Crippen molar-refractivity contribution in [2.45, 2.75) is 65.8 Å². The van der Waals surface area contributed by atoms with Crippen LogP contribution in [0.3, 0.4) is 0 Å². The third-order valence-corrected chi connectivity index (χ3v) is 2.92. The van der Waals surface area contributed by atoms with E-state index in [1.165, 1.54) is 38.8 Å². The van der Waals surface area contributed by atoms with E-state index in [0.29, 0.717) is 12.0 Å². The van der Waals surface area contributed by atoms with E-state index in [4.69, 9.17) is 5.73 Å².